The zero-order chi connectivity index (χ0) is 25.7. The summed E-state index contributed by atoms with van der Waals surface area (Å²) >= 11 is 3.45. The molecule has 1 N–H and O–H groups in total. The number of benzene rings is 2. The number of aromatic nitrogens is 1. The lowest BCUT2D eigenvalue weighted by molar-refractivity contribution is 0.272. The molecule has 0 amide bonds. The third kappa shape index (κ3) is 5.72. The Morgan fingerprint density at radius 3 is 2.53 bits per heavy atom. The first kappa shape index (κ1) is 26.5. The number of rotatable bonds is 8. The first-order valence-electron chi connectivity index (χ1n) is 12.4. The number of nitrogens with one attached hydrogen (secondary N) is 1. The molecule has 0 saturated heterocycles. The van der Waals surface area contributed by atoms with Crippen molar-refractivity contribution in [3.63, 3.8) is 0 Å². The first-order valence-corrected chi connectivity index (χ1v) is 15.7. The average Bonchev–Trinajstić information content (AvgIpc) is 3.49. The van der Waals surface area contributed by atoms with Gasteiger partial charge in [-0.15, -0.1) is 22.7 Å². The second-order valence-corrected chi connectivity index (χ2v) is 12.7. The van der Waals surface area contributed by atoms with Gasteiger partial charge in [0.2, 0.25) is 0 Å². The van der Waals surface area contributed by atoms with Gasteiger partial charge in [-0.25, -0.2) is 13.4 Å². The van der Waals surface area contributed by atoms with Crippen LogP contribution in [-0.4, -0.2) is 37.1 Å². The van der Waals surface area contributed by atoms with E-state index in [1.54, 1.807) is 46.9 Å². The van der Waals surface area contributed by atoms with Gasteiger partial charge < -0.3 is 5.32 Å². The summed E-state index contributed by atoms with van der Waals surface area (Å²) in [6.07, 6.45) is 1.33. The van der Waals surface area contributed by atoms with Gasteiger partial charge in [0.05, 0.1) is 20.9 Å². The topological polar surface area (TPSA) is 62.3 Å². The second kappa shape index (κ2) is 11.7. The average molecular weight is 540 g/mol. The fourth-order valence-electron chi connectivity index (χ4n) is 4.25. The Morgan fingerprint density at radius 1 is 1.08 bits per heavy atom. The van der Waals surface area contributed by atoms with Crippen LogP contribution in [-0.2, 0) is 22.8 Å². The molecule has 0 fully saturated rings. The van der Waals surface area contributed by atoms with Crippen LogP contribution >= 0.6 is 22.7 Å². The molecule has 8 heteroatoms. The van der Waals surface area contributed by atoms with E-state index in [0.29, 0.717) is 17.0 Å². The fraction of sp³-hybridized carbons (Fsp3) is 0.321. The van der Waals surface area contributed by atoms with E-state index in [4.69, 9.17) is 4.98 Å². The predicted molar refractivity (Wildman–Crippen MR) is 155 cm³/mol. The minimum absolute atomic E-state index is 0.0218. The lowest BCUT2D eigenvalue weighted by Gasteiger charge is -2.25. The molecule has 0 unspecified atom stereocenters. The second-order valence-electron chi connectivity index (χ2n) is 8.42. The van der Waals surface area contributed by atoms with Crippen LogP contribution in [0.1, 0.15) is 37.6 Å². The van der Waals surface area contributed by atoms with Crippen molar-refractivity contribution < 1.29 is 8.42 Å². The van der Waals surface area contributed by atoms with Gasteiger partial charge in [-0.3, -0.25) is 4.90 Å². The summed E-state index contributed by atoms with van der Waals surface area (Å²) in [4.78, 5) is 9.10. The summed E-state index contributed by atoms with van der Waals surface area (Å²) in [7, 11) is -3.35. The zero-order valence-electron chi connectivity index (χ0n) is 21.1. The van der Waals surface area contributed by atoms with E-state index in [-0.39, 0.29) is 5.75 Å². The molecule has 3 heterocycles. The molecular weight excluding hydrogens is 507 g/mol. The minimum Gasteiger partial charge on any atom is -0.351 e. The molecule has 5 nitrogen and oxygen atoms in total. The van der Waals surface area contributed by atoms with Crippen molar-refractivity contribution in [2.75, 3.05) is 24.2 Å². The van der Waals surface area contributed by atoms with Crippen LogP contribution in [0, 0.1) is 0 Å². The Bertz CT molecular complexity index is 1410. The smallest absolute Gasteiger partial charge is 0.178 e. The number of allylic oxidation sites excluding steroid dienone is 1. The molecule has 5 rings (SSSR count). The molecule has 2 aromatic carbocycles. The third-order valence-electron chi connectivity index (χ3n) is 6.16. The lowest BCUT2D eigenvalue weighted by Crippen LogP contribution is -2.29. The molecule has 0 saturated carbocycles. The molecule has 0 atom stereocenters. The molecular formula is C28H33N3O2S3. The lowest BCUT2D eigenvalue weighted by atomic mass is 10.0. The summed E-state index contributed by atoms with van der Waals surface area (Å²) in [5.41, 5.74) is 4.23. The van der Waals surface area contributed by atoms with Gasteiger partial charge in [0.1, 0.15) is 10.0 Å². The van der Waals surface area contributed by atoms with Crippen LogP contribution < -0.4 is 5.32 Å². The number of sulfone groups is 1. The number of nitrogens with zero attached hydrogens (tertiary/aromatic N) is 2. The van der Waals surface area contributed by atoms with E-state index in [2.05, 4.69) is 29.8 Å². The maximum absolute atomic E-state index is 12.7. The summed E-state index contributed by atoms with van der Waals surface area (Å²) in [5, 5.41) is 5.50. The normalized spacial score (nSPS) is 13.6. The Balaban J connectivity index is 0.00000148. The van der Waals surface area contributed by atoms with Gasteiger partial charge in [0.25, 0.3) is 0 Å². The molecule has 0 bridgehead atoms. The van der Waals surface area contributed by atoms with Crippen LogP contribution in [0.15, 0.2) is 71.8 Å². The Morgan fingerprint density at radius 2 is 1.81 bits per heavy atom. The van der Waals surface area contributed by atoms with E-state index in [0.717, 1.165) is 47.1 Å². The molecule has 2 aromatic heterocycles. The van der Waals surface area contributed by atoms with E-state index >= 15 is 0 Å². The highest BCUT2D eigenvalue weighted by Crippen LogP contribution is 2.46. The first-order chi connectivity index (χ1) is 17.4. The summed E-state index contributed by atoms with van der Waals surface area (Å²) < 4.78 is 26.6. The molecule has 4 aromatic rings. The van der Waals surface area contributed by atoms with Crippen LogP contribution in [0.5, 0.6) is 0 Å². The van der Waals surface area contributed by atoms with Crippen LogP contribution in [0.25, 0.3) is 20.8 Å². The van der Waals surface area contributed by atoms with E-state index in [9.17, 15) is 8.42 Å². The standard InChI is InChI=1S/C26H27N3O2S3.C2H6/c1-3-29-15-13-20-23(17-29)33-25(24(20)26-28-21-11-7-8-12-22(21)32-26)27-18(2)14-16-34(30,31)19-9-5-4-6-10-19;1-2/h4-12,27H,2-3,13-17H2,1H3;1-2H3. The van der Waals surface area contributed by atoms with Gasteiger partial charge in [0.15, 0.2) is 9.84 Å². The van der Waals surface area contributed by atoms with Crippen LogP contribution in [0.2, 0.25) is 0 Å². The molecule has 1 aliphatic heterocycles. The van der Waals surface area contributed by atoms with E-state index in [1.807, 2.05) is 38.1 Å². The van der Waals surface area contributed by atoms with Gasteiger partial charge in [-0.1, -0.05) is 57.7 Å². The molecule has 36 heavy (non-hydrogen) atoms. The number of likely N-dealkylation sites (N-methyl/N-ethyl adjacent to an activating group) is 1. The Hall–Kier alpha value is -2.52. The van der Waals surface area contributed by atoms with Crippen LogP contribution in [0.3, 0.4) is 0 Å². The van der Waals surface area contributed by atoms with Gasteiger partial charge in [-0.2, -0.15) is 0 Å². The van der Waals surface area contributed by atoms with Gasteiger partial charge in [0, 0.05) is 35.6 Å². The van der Waals surface area contributed by atoms with Crippen molar-refractivity contribution in [1.82, 2.24) is 9.88 Å². The van der Waals surface area contributed by atoms with Gasteiger partial charge in [-0.05, 0) is 42.8 Å². The number of thiophene rings is 1. The number of hydrogen-bond donors (Lipinski definition) is 1. The summed E-state index contributed by atoms with van der Waals surface area (Å²) in [5.74, 6) is 0.0218. The molecule has 1 aliphatic rings. The van der Waals surface area contributed by atoms with Crippen molar-refractivity contribution in [3.05, 3.63) is 77.3 Å². The number of thiazole rings is 1. The largest absolute Gasteiger partial charge is 0.351 e. The number of hydrogen-bond acceptors (Lipinski definition) is 7. The zero-order valence-corrected chi connectivity index (χ0v) is 23.5. The molecule has 190 valence electrons. The van der Waals surface area contributed by atoms with Crippen molar-refractivity contribution in [3.8, 4) is 10.6 Å². The highest BCUT2D eigenvalue weighted by Gasteiger charge is 2.27. The van der Waals surface area contributed by atoms with Crippen molar-refractivity contribution in [2.24, 2.45) is 0 Å². The highest BCUT2D eigenvalue weighted by atomic mass is 32.2. The monoisotopic (exact) mass is 539 g/mol. The maximum atomic E-state index is 12.7. The third-order valence-corrected chi connectivity index (χ3v) is 10.1. The quantitative estimate of drug-likeness (QED) is 0.256. The predicted octanol–water partition coefficient (Wildman–Crippen LogP) is 7.22. The fourth-order valence-corrected chi connectivity index (χ4v) is 8.02. The van der Waals surface area contributed by atoms with E-state index in [1.165, 1.54) is 15.1 Å². The SMILES string of the molecule is C=C(CCS(=O)(=O)c1ccccc1)Nc1sc2c(c1-c1nc3ccccc3s1)CCN(CC)C2.CC. The van der Waals surface area contributed by atoms with Crippen molar-refractivity contribution in [1.29, 1.82) is 0 Å². The van der Waals surface area contributed by atoms with Crippen LogP contribution in [0.4, 0.5) is 5.00 Å². The van der Waals surface area contributed by atoms with Crippen molar-refractivity contribution >= 4 is 47.7 Å². The summed E-state index contributed by atoms with van der Waals surface area (Å²) in [6, 6.07) is 16.8. The number of fused-ring (bicyclic) bond motifs is 2. The van der Waals surface area contributed by atoms with E-state index < -0.39 is 9.84 Å². The van der Waals surface area contributed by atoms with Gasteiger partial charge >= 0.3 is 0 Å². The number of para-hydroxylation sites is 1. The Labute approximate surface area is 222 Å². The van der Waals surface area contributed by atoms with Crippen molar-refractivity contribution in [2.45, 2.75) is 45.1 Å². The Kier molecular flexibility index (Phi) is 8.62. The molecule has 0 aliphatic carbocycles. The molecule has 0 spiro atoms. The minimum atomic E-state index is -3.35. The maximum Gasteiger partial charge on any atom is 0.178 e. The summed E-state index contributed by atoms with van der Waals surface area (Å²) in [6.45, 7) is 13.4. The number of anilines is 1. The highest BCUT2D eigenvalue weighted by molar-refractivity contribution is 7.91. The molecule has 0 radical (unpaired) electrons.